The molecule has 0 saturated carbocycles. The lowest BCUT2D eigenvalue weighted by molar-refractivity contribution is -0.892. The zero-order valence-corrected chi connectivity index (χ0v) is 15.4. The van der Waals surface area contributed by atoms with Gasteiger partial charge in [0.05, 0.1) is 26.2 Å². The Morgan fingerprint density at radius 1 is 1.12 bits per heavy atom. The third-order valence-electron chi connectivity index (χ3n) is 4.74. The summed E-state index contributed by atoms with van der Waals surface area (Å²) in [5.41, 5.74) is 3.69. The number of hydrogen-bond donors (Lipinski definition) is 2. The second kappa shape index (κ2) is 8.37. The molecule has 1 amide bonds. The van der Waals surface area contributed by atoms with E-state index in [0.29, 0.717) is 18.1 Å². The van der Waals surface area contributed by atoms with Crippen LogP contribution in [0.4, 0.5) is 5.69 Å². The van der Waals surface area contributed by atoms with Crippen LogP contribution in [0.15, 0.2) is 48.5 Å². The molecular weight excluding hydrogens is 334 g/mol. The summed E-state index contributed by atoms with van der Waals surface area (Å²) in [5.74, 6) is 0.106. The number of carbonyl (C=O) groups excluding carboxylic acids is 1. The van der Waals surface area contributed by atoms with E-state index in [2.05, 4.69) is 41.4 Å². The van der Waals surface area contributed by atoms with Crippen LogP contribution in [0.3, 0.4) is 0 Å². The van der Waals surface area contributed by atoms with Gasteiger partial charge in [-0.1, -0.05) is 41.9 Å². The first-order valence-electron chi connectivity index (χ1n) is 8.77. The first-order chi connectivity index (χ1) is 12.1. The SMILES string of the molecule is Cc1ccccc1N1CC[NH+](CC(=O)NCc2ccc(Cl)cc2)CC1. The van der Waals surface area contributed by atoms with Crippen molar-refractivity contribution in [2.75, 3.05) is 37.6 Å². The highest BCUT2D eigenvalue weighted by Crippen LogP contribution is 2.18. The standard InChI is InChI=1S/C20H24ClN3O/c1-16-4-2-3-5-19(16)24-12-10-23(11-13-24)15-20(25)22-14-17-6-8-18(21)9-7-17/h2-9H,10-15H2,1H3,(H,22,25)/p+1. The van der Waals surface area contributed by atoms with Crippen molar-refractivity contribution in [3.63, 3.8) is 0 Å². The smallest absolute Gasteiger partial charge is 0.275 e. The van der Waals surface area contributed by atoms with Crippen molar-refractivity contribution in [3.8, 4) is 0 Å². The maximum Gasteiger partial charge on any atom is 0.275 e. The third kappa shape index (κ3) is 4.97. The van der Waals surface area contributed by atoms with Gasteiger partial charge in [0.15, 0.2) is 6.54 Å². The van der Waals surface area contributed by atoms with Gasteiger partial charge in [0.1, 0.15) is 0 Å². The lowest BCUT2D eigenvalue weighted by atomic mass is 10.1. The second-order valence-corrected chi connectivity index (χ2v) is 7.04. The zero-order valence-electron chi connectivity index (χ0n) is 14.6. The van der Waals surface area contributed by atoms with E-state index in [1.54, 1.807) is 0 Å². The number of para-hydroxylation sites is 1. The third-order valence-corrected chi connectivity index (χ3v) is 4.99. The van der Waals surface area contributed by atoms with Crippen molar-refractivity contribution in [2.45, 2.75) is 13.5 Å². The van der Waals surface area contributed by atoms with Crippen LogP contribution < -0.4 is 15.1 Å². The van der Waals surface area contributed by atoms with Gasteiger partial charge in [0.25, 0.3) is 5.91 Å². The van der Waals surface area contributed by atoms with Crippen molar-refractivity contribution in [3.05, 3.63) is 64.7 Å². The van der Waals surface area contributed by atoms with E-state index in [-0.39, 0.29) is 5.91 Å². The molecule has 5 heteroatoms. The highest BCUT2D eigenvalue weighted by atomic mass is 35.5. The van der Waals surface area contributed by atoms with Crippen LogP contribution in [-0.2, 0) is 11.3 Å². The second-order valence-electron chi connectivity index (χ2n) is 6.60. The quantitative estimate of drug-likeness (QED) is 0.853. The number of hydrogen-bond acceptors (Lipinski definition) is 2. The van der Waals surface area contributed by atoms with Gasteiger partial charge in [-0.25, -0.2) is 0 Å². The highest BCUT2D eigenvalue weighted by molar-refractivity contribution is 6.30. The molecular formula is C20H25ClN3O+. The minimum absolute atomic E-state index is 0.106. The summed E-state index contributed by atoms with van der Waals surface area (Å²) in [7, 11) is 0. The molecule has 2 aromatic rings. The highest BCUT2D eigenvalue weighted by Gasteiger charge is 2.22. The van der Waals surface area contributed by atoms with E-state index < -0.39 is 0 Å². The monoisotopic (exact) mass is 358 g/mol. The first-order valence-corrected chi connectivity index (χ1v) is 9.15. The average Bonchev–Trinajstić information content (AvgIpc) is 2.62. The van der Waals surface area contributed by atoms with Gasteiger partial charge in [-0.05, 0) is 36.2 Å². The summed E-state index contributed by atoms with van der Waals surface area (Å²) in [6, 6.07) is 16.1. The minimum atomic E-state index is 0.106. The lowest BCUT2D eigenvalue weighted by Gasteiger charge is -2.34. The van der Waals surface area contributed by atoms with Gasteiger partial charge in [-0.15, -0.1) is 0 Å². The van der Waals surface area contributed by atoms with Crippen molar-refractivity contribution in [1.29, 1.82) is 0 Å². The Hall–Kier alpha value is -2.04. The van der Waals surface area contributed by atoms with Crippen molar-refractivity contribution in [1.82, 2.24) is 5.32 Å². The Labute approximate surface area is 154 Å². The molecule has 0 radical (unpaired) electrons. The van der Waals surface area contributed by atoms with Crippen LogP contribution >= 0.6 is 11.6 Å². The average molecular weight is 359 g/mol. The van der Waals surface area contributed by atoms with Crippen LogP contribution in [-0.4, -0.2) is 38.6 Å². The fourth-order valence-corrected chi connectivity index (χ4v) is 3.38. The molecule has 2 aromatic carbocycles. The molecule has 4 nitrogen and oxygen atoms in total. The number of amides is 1. The number of nitrogens with one attached hydrogen (secondary N) is 2. The maximum absolute atomic E-state index is 12.2. The first kappa shape index (κ1) is 17.8. The number of anilines is 1. The largest absolute Gasteiger partial charge is 0.360 e. The maximum atomic E-state index is 12.2. The summed E-state index contributed by atoms with van der Waals surface area (Å²) < 4.78 is 0. The van der Waals surface area contributed by atoms with E-state index in [9.17, 15) is 4.79 Å². The molecule has 0 spiro atoms. The van der Waals surface area contributed by atoms with E-state index in [1.165, 1.54) is 16.2 Å². The van der Waals surface area contributed by atoms with E-state index in [0.717, 1.165) is 31.7 Å². The predicted octanol–water partition coefficient (Wildman–Crippen LogP) is 1.67. The summed E-state index contributed by atoms with van der Waals surface area (Å²) in [6.07, 6.45) is 0. The fourth-order valence-electron chi connectivity index (χ4n) is 3.25. The van der Waals surface area contributed by atoms with Crippen molar-refractivity contribution < 1.29 is 9.69 Å². The van der Waals surface area contributed by atoms with Gasteiger partial charge in [0, 0.05) is 17.3 Å². The molecule has 1 fully saturated rings. The number of rotatable bonds is 5. The van der Waals surface area contributed by atoms with Crippen LogP contribution in [0, 0.1) is 6.92 Å². The Morgan fingerprint density at radius 3 is 2.48 bits per heavy atom. The molecule has 3 rings (SSSR count). The molecule has 1 saturated heterocycles. The number of benzene rings is 2. The Morgan fingerprint density at radius 2 is 1.80 bits per heavy atom. The normalized spacial score (nSPS) is 15.2. The number of piperazine rings is 1. The topological polar surface area (TPSA) is 36.8 Å². The van der Waals surface area contributed by atoms with Crippen LogP contribution in [0.1, 0.15) is 11.1 Å². The summed E-state index contributed by atoms with van der Waals surface area (Å²) in [6.45, 7) is 7.20. The van der Waals surface area contributed by atoms with Gasteiger partial charge in [-0.3, -0.25) is 4.79 Å². The molecule has 1 aliphatic rings. The van der Waals surface area contributed by atoms with Gasteiger partial charge >= 0.3 is 0 Å². The van der Waals surface area contributed by atoms with Crippen LogP contribution in [0.25, 0.3) is 0 Å². The number of nitrogens with zero attached hydrogens (tertiary/aromatic N) is 1. The molecule has 0 aliphatic carbocycles. The molecule has 1 aliphatic heterocycles. The molecule has 132 valence electrons. The van der Waals surface area contributed by atoms with Crippen molar-refractivity contribution >= 4 is 23.2 Å². The lowest BCUT2D eigenvalue weighted by Crippen LogP contribution is -3.15. The van der Waals surface area contributed by atoms with Crippen LogP contribution in [0.2, 0.25) is 5.02 Å². The number of quaternary nitrogens is 1. The van der Waals surface area contributed by atoms with Crippen LogP contribution in [0.5, 0.6) is 0 Å². The van der Waals surface area contributed by atoms with E-state index in [4.69, 9.17) is 11.6 Å². The molecule has 0 bridgehead atoms. The summed E-state index contributed by atoms with van der Waals surface area (Å²) >= 11 is 5.87. The molecule has 2 N–H and O–H groups in total. The molecule has 0 atom stereocenters. The number of carbonyl (C=O) groups is 1. The Kier molecular flexibility index (Phi) is 5.95. The molecule has 0 aromatic heterocycles. The molecule has 0 unspecified atom stereocenters. The minimum Gasteiger partial charge on any atom is -0.360 e. The number of aryl methyl sites for hydroxylation is 1. The van der Waals surface area contributed by atoms with Gasteiger partial charge < -0.3 is 15.1 Å². The fraction of sp³-hybridized carbons (Fsp3) is 0.350. The summed E-state index contributed by atoms with van der Waals surface area (Å²) in [4.78, 5) is 16.0. The Balaban J connectivity index is 1.43. The van der Waals surface area contributed by atoms with E-state index in [1.807, 2.05) is 24.3 Å². The Bertz CT molecular complexity index is 709. The number of halogens is 1. The van der Waals surface area contributed by atoms with Crippen molar-refractivity contribution in [2.24, 2.45) is 0 Å². The molecule has 1 heterocycles. The molecule has 25 heavy (non-hydrogen) atoms. The van der Waals surface area contributed by atoms with Gasteiger partial charge in [0.2, 0.25) is 0 Å². The predicted molar refractivity (Wildman–Crippen MR) is 102 cm³/mol. The summed E-state index contributed by atoms with van der Waals surface area (Å²) in [5, 5.41) is 3.72. The van der Waals surface area contributed by atoms with Gasteiger partial charge in [-0.2, -0.15) is 0 Å². The zero-order chi connectivity index (χ0) is 17.6. The van der Waals surface area contributed by atoms with E-state index >= 15 is 0 Å².